The summed E-state index contributed by atoms with van der Waals surface area (Å²) < 4.78 is 55.2. The molecule has 2 unspecified atom stereocenters. The molecule has 2 atom stereocenters. The van der Waals surface area contributed by atoms with E-state index in [9.17, 15) is 8.78 Å². The van der Waals surface area contributed by atoms with Crippen molar-refractivity contribution in [2.75, 3.05) is 13.2 Å². The molecule has 0 spiro atoms. The third-order valence-electron chi connectivity index (χ3n) is 6.64. The van der Waals surface area contributed by atoms with Crippen LogP contribution in [0.3, 0.4) is 0 Å². The van der Waals surface area contributed by atoms with Crippen LogP contribution in [0.15, 0.2) is 79.4 Å². The first-order valence-electron chi connectivity index (χ1n) is 12.4. The quantitative estimate of drug-likeness (QED) is 0.278. The molecule has 3 aromatic rings. The third-order valence-corrected chi connectivity index (χ3v) is 6.64. The van der Waals surface area contributed by atoms with E-state index < -0.39 is 11.6 Å². The molecule has 1 fully saturated rings. The van der Waals surface area contributed by atoms with Crippen LogP contribution in [0.5, 0.6) is 5.75 Å². The Morgan fingerprint density at radius 2 is 1.67 bits per heavy atom. The summed E-state index contributed by atoms with van der Waals surface area (Å²) in [6, 6.07) is 14.9. The Morgan fingerprint density at radius 1 is 0.944 bits per heavy atom. The van der Waals surface area contributed by atoms with E-state index in [4.69, 9.17) is 9.47 Å². The molecule has 0 aromatic heterocycles. The second-order valence-corrected chi connectivity index (χ2v) is 9.03. The van der Waals surface area contributed by atoms with E-state index in [-0.39, 0.29) is 35.8 Å². The fourth-order valence-corrected chi connectivity index (χ4v) is 4.61. The summed E-state index contributed by atoms with van der Waals surface area (Å²) in [5.41, 5.74) is 2.67. The number of rotatable bonds is 9. The van der Waals surface area contributed by atoms with Gasteiger partial charge in [-0.05, 0) is 67.5 Å². The molecular formula is C31H31F3O2. The minimum absolute atomic E-state index is 0.0832. The molecule has 0 aliphatic carbocycles. The van der Waals surface area contributed by atoms with Gasteiger partial charge < -0.3 is 9.47 Å². The van der Waals surface area contributed by atoms with Crippen molar-refractivity contribution in [1.82, 2.24) is 0 Å². The highest BCUT2D eigenvalue weighted by molar-refractivity contribution is 5.71. The van der Waals surface area contributed by atoms with Gasteiger partial charge in [0, 0.05) is 17.0 Å². The molecule has 1 aliphatic rings. The predicted octanol–water partition coefficient (Wildman–Crippen LogP) is 8.62. The molecule has 2 nitrogen and oxygen atoms in total. The lowest BCUT2D eigenvalue weighted by Gasteiger charge is -2.29. The van der Waals surface area contributed by atoms with E-state index in [0.717, 1.165) is 31.2 Å². The molecule has 1 aliphatic heterocycles. The Hall–Kier alpha value is -3.31. The van der Waals surface area contributed by atoms with Gasteiger partial charge in [-0.3, -0.25) is 0 Å². The number of hydrogen-bond donors (Lipinski definition) is 0. The van der Waals surface area contributed by atoms with Crippen molar-refractivity contribution in [2.24, 2.45) is 0 Å². The Balaban J connectivity index is 1.45. The highest BCUT2D eigenvalue weighted by Crippen LogP contribution is 2.34. The van der Waals surface area contributed by atoms with Gasteiger partial charge in [-0.2, -0.15) is 4.39 Å². The van der Waals surface area contributed by atoms with Crippen LogP contribution in [0, 0.1) is 17.5 Å². The van der Waals surface area contributed by atoms with E-state index in [1.54, 1.807) is 36.4 Å². The zero-order chi connectivity index (χ0) is 25.5. The van der Waals surface area contributed by atoms with Crippen LogP contribution in [0.25, 0.3) is 22.3 Å². The second kappa shape index (κ2) is 12.1. The summed E-state index contributed by atoms with van der Waals surface area (Å²) in [4.78, 5) is 0. The monoisotopic (exact) mass is 492 g/mol. The summed E-state index contributed by atoms with van der Waals surface area (Å²) in [6.07, 6.45) is 9.94. The summed E-state index contributed by atoms with van der Waals surface area (Å²) >= 11 is 0. The average Bonchev–Trinajstić information content (AvgIpc) is 2.90. The maximum Gasteiger partial charge on any atom is 0.201 e. The Labute approximate surface area is 211 Å². The van der Waals surface area contributed by atoms with Crippen molar-refractivity contribution in [1.29, 1.82) is 0 Å². The van der Waals surface area contributed by atoms with Crippen LogP contribution in [-0.4, -0.2) is 19.3 Å². The first-order valence-corrected chi connectivity index (χ1v) is 12.4. The molecule has 188 valence electrons. The molecule has 1 heterocycles. The van der Waals surface area contributed by atoms with Gasteiger partial charge in [0.15, 0.2) is 11.6 Å². The fourth-order valence-electron chi connectivity index (χ4n) is 4.61. The Bertz CT molecular complexity index is 1210. The van der Waals surface area contributed by atoms with Gasteiger partial charge in [0.1, 0.15) is 12.4 Å². The predicted molar refractivity (Wildman–Crippen MR) is 139 cm³/mol. The van der Waals surface area contributed by atoms with Crippen LogP contribution < -0.4 is 4.74 Å². The summed E-state index contributed by atoms with van der Waals surface area (Å²) in [6.45, 7) is 6.21. The molecule has 0 N–H and O–H groups in total. The smallest absolute Gasteiger partial charge is 0.201 e. The Kier molecular flexibility index (Phi) is 8.65. The number of halogens is 3. The molecule has 5 heteroatoms. The molecular weight excluding hydrogens is 461 g/mol. The summed E-state index contributed by atoms with van der Waals surface area (Å²) in [5, 5.41) is 0. The van der Waals surface area contributed by atoms with E-state index in [2.05, 4.69) is 18.7 Å². The molecule has 1 saturated heterocycles. The molecule has 0 saturated carbocycles. The van der Waals surface area contributed by atoms with Crippen LogP contribution in [0.1, 0.15) is 44.1 Å². The topological polar surface area (TPSA) is 18.5 Å². The molecule has 36 heavy (non-hydrogen) atoms. The first-order chi connectivity index (χ1) is 17.5. The molecule has 0 radical (unpaired) electrons. The second-order valence-electron chi connectivity index (χ2n) is 9.03. The van der Waals surface area contributed by atoms with Crippen LogP contribution in [0.4, 0.5) is 13.2 Å². The summed E-state index contributed by atoms with van der Waals surface area (Å²) in [5.74, 6) is -2.32. The highest BCUT2D eigenvalue weighted by Gasteiger charge is 2.23. The fraction of sp³-hybridized carbons (Fsp3) is 0.290. The highest BCUT2D eigenvalue weighted by atomic mass is 19.2. The first kappa shape index (κ1) is 25.8. The van der Waals surface area contributed by atoms with Crippen molar-refractivity contribution in [2.45, 2.75) is 44.6 Å². The maximum absolute atomic E-state index is 15.1. The van der Waals surface area contributed by atoms with Gasteiger partial charge >= 0.3 is 0 Å². The standard InChI is InChI=1S/C31H31F3O2/c1-3-5-6-7-25-14-12-24(20-36-25)23-13-15-26(28(32)19-23)21-8-10-22(11-9-21)27-16-17-29(35-18-4-2)31(34)30(27)33/h3-5,8-11,13,15-17,19,24-25H,2,6-7,12,14,18,20H2,1H3. The Morgan fingerprint density at radius 3 is 2.31 bits per heavy atom. The summed E-state index contributed by atoms with van der Waals surface area (Å²) in [7, 11) is 0. The van der Waals surface area contributed by atoms with E-state index in [1.165, 1.54) is 18.2 Å². The normalized spacial score (nSPS) is 17.9. The number of hydrogen-bond acceptors (Lipinski definition) is 2. The van der Waals surface area contributed by atoms with Gasteiger partial charge in [0.2, 0.25) is 5.82 Å². The SMILES string of the molecule is C=CCOc1ccc(-c2ccc(-c3ccc(C4CCC(CCC=CC)OC4)cc3F)cc2)c(F)c1F. The minimum atomic E-state index is -1.05. The third kappa shape index (κ3) is 5.90. The van der Waals surface area contributed by atoms with Crippen molar-refractivity contribution in [3.05, 3.63) is 102 Å². The lowest BCUT2D eigenvalue weighted by molar-refractivity contribution is -0.000225. The average molecular weight is 493 g/mol. The van der Waals surface area contributed by atoms with Crippen LogP contribution in [-0.2, 0) is 4.74 Å². The number of ether oxygens (including phenoxy) is 2. The largest absolute Gasteiger partial charge is 0.486 e. The van der Waals surface area contributed by atoms with Crippen molar-refractivity contribution in [3.63, 3.8) is 0 Å². The maximum atomic E-state index is 15.1. The van der Waals surface area contributed by atoms with Crippen molar-refractivity contribution < 1.29 is 22.6 Å². The number of allylic oxidation sites excluding steroid dienone is 2. The van der Waals surface area contributed by atoms with Gasteiger partial charge in [-0.15, -0.1) is 0 Å². The van der Waals surface area contributed by atoms with Crippen molar-refractivity contribution >= 4 is 0 Å². The zero-order valence-corrected chi connectivity index (χ0v) is 20.5. The lowest BCUT2D eigenvalue weighted by atomic mass is 9.89. The zero-order valence-electron chi connectivity index (χ0n) is 20.5. The minimum Gasteiger partial charge on any atom is -0.486 e. The van der Waals surface area contributed by atoms with E-state index >= 15 is 4.39 Å². The van der Waals surface area contributed by atoms with Crippen LogP contribution >= 0.6 is 0 Å². The molecule has 0 bridgehead atoms. The molecule has 0 amide bonds. The van der Waals surface area contributed by atoms with E-state index in [0.29, 0.717) is 23.3 Å². The number of benzene rings is 3. The van der Waals surface area contributed by atoms with E-state index in [1.807, 2.05) is 13.0 Å². The molecule has 4 rings (SSSR count). The van der Waals surface area contributed by atoms with Crippen molar-refractivity contribution in [3.8, 4) is 28.0 Å². The molecule has 3 aromatic carbocycles. The van der Waals surface area contributed by atoms with Gasteiger partial charge in [0.05, 0.1) is 12.7 Å². The van der Waals surface area contributed by atoms with Crippen LogP contribution in [0.2, 0.25) is 0 Å². The van der Waals surface area contributed by atoms with Gasteiger partial charge in [-0.1, -0.05) is 61.2 Å². The lowest BCUT2D eigenvalue weighted by Crippen LogP contribution is -2.24. The van der Waals surface area contributed by atoms with Gasteiger partial charge in [-0.25, -0.2) is 8.78 Å². The van der Waals surface area contributed by atoms with Gasteiger partial charge in [0.25, 0.3) is 0 Å².